The highest BCUT2D eigenvalue weighted by Gasteiger charge is 2.07. The van der Waals surface area contributed by atoms with Crippen LogP contribution in [0.5, 0.6) is 0 Å². The average molecular weight is 102 g/mol. The molecule has 4 heteroatoms. The Morgan fingerprint density at radius 3 is 2.14 bits per heavy atom. The van der Waals surface area contributed by atoms with E-state index in [0.29, 0.717) is 0 Å². The number of hydrogen-bond donors (Lipinski definition) is 2. The first-order chi connectivity index (χ1) is 3.13. The quantitative estimate of drug-likeness (QED) is 0.365. The van der Waals surface area contributed by atoms with Crippen LogP contribution in [-0.2, 0) is 4.65 Å². The van der Waals surface area contributed by atoms with E-state index in [1.165, 1.54) is 6.92 Å². The molecule has 0 radical (unpaired) electrons. The first kappa shape index (κ1) is 6.52. The molecule has 0 aromatic heterocycles. The molecule has 2 N–H and O–H groups in total. The van der Waals surface area contributed by atoms with Gasteiger partial charge >= 0.3 is 7.32 Å². The Kier molecular flexibility index (Phi) is 2.48. The Bertz CT molecular complexity index is 70.6. The van der Waals surface area contributed by atoms with Crippen molar-refractivity contribution in [3.63, 3.8) is 0 Å². The summed E-state index contributed by atoms with van der Waals surface area (Å²) in [5, 5.41) is 16.0. The second kappa shape index (κ2) is 2.66. The zero-order valence-electron chi connectivity index (χ0n) is 4.09. The fourth-order valence-electron chi connectivity index (χ4n) is 0.180. The molecule has 0 rings (SSSR count). The van der Waals surface area contributed by atoms with Crippen molar-refractivity contribution in [2.75, 3.05) is 0 Å². The fraction of sp³-hybridized carbons (Fsp3) is 0.333. The van der Waals surface area contributed by atoms with Crippen molar-refractivity contribution in [1.82, 2.24) is 0 Å². The highest BCUT2D eigenvalue weighted by atomic mass is 16.6. The largest absolute Gasteiger partial charge is 0.707 e. The third kappa shape index (κ3) is 5.52. The van der Waals surface area contributed by atoms with Crippen molar-refractivity contribution in [1.29, 1.82) is 0 Å². The predicted octanol–water partition coefficient (Wildman–Crippen LogP) is -0.494. The maximum absolute atomic E-state index is 8.00. The van der Waals surface area contributed by atoms with Crippen molar-refractivity contribution in [2.24, 2.45) is 0 Å². The highest BCUT2D eigenvalue weighted by molar-refractivity contribution is 6.33. The van der Waals surface area contributed by atoms with Crippen molar-refractivity contribution in [2.45, 2.75) is 6.92 Å². The van der Waals surface area contributed by atoms with Crippen LogP contribution in [0.4, 0.5) is 0 Å². The second-order valence-electron chi connectivity index (χ2n) is 1.15. The molecule has 0 heterocycles. The molecular formula is C3H7BO3. The Morgan fingerprint density at radius 1 is 1.71 bits per heavy atom. The number of allylic oxidation sites excluding steroid dienone is 1. The normalized spacial score (nSPS) is 7.86. The molecule has 0 fully saturated rings. The third-order valence-electron chi connectivity index (χ3n) is 0.307. The van der Waals surface area contributed by atoms with Crippen LogP contribution in [-0.4, -0.2) is 17.4 Å². The van der Waals surface area contributed by atoms with Crippen LogP contribution >= 0.6 is 0 Å². The highest BCUT2D eigenvalue weighted by Crippen LogP contribution is 1.87. The first-order valence-corrected chi connectivity index (χ1v) is 1.81. The van der Waals surface area contributed by atoms with Crippen LogP contribution in [0.25, 0.3) is 0 Å². The summed E-state index contributed by atoms with van der Waals surface area (Å²) in [4.78, 5) is 0. The first-order valence-electron chi connectivity index (χ1n) is 1.81. The topological polar surface area (TPSA) is 49.7 Å². The van der Waals surface area contributed by atoms with Gasteiger partial charge in [-0.05, 0) is 6.92 Å². The van der Waals surface area contributed by atoms with E-state index >= 15 is 0 Å². The Balaban J connectivity index is 3.13. The van der Waals surface area contributed by atoms with E-state index in [-0.39, 0.29) is 5.76 Å². The van der Waals surface area contributed by atoms with Gasteiger partial charge in [0.25, 0.3) is 0 Å². The molecule has 40 valence electrons. The molecule has 0 aliphatic heterocycles. The minimum absolute atomic E-state index is 0.287. The monoisotopic (exact) mass is 102 g/mol. The van der Waals surface area contributed by atoms with Gasteiger partial charge in [-0.2, -0.15) is 0 Å². The lowest BCUT2D eigenvalue weighted by Gasteiger charge is -1.99. The summed E-state index contributed by atoms with van der Waals surface area (Å²) in [6, 6.07) is 0. The van der Waals surface area contributed by atoms with Crippen molar-refractivity contribution >= 4 is 7.32 Å². The van der Waals surface area contributed by atoms with E-state index < -0.39 is 7.32 Å². The van der Waals surface area contributed by atoms with Gasteiger partial charge in [0, 0.05) is 0 Å². The zero-order valence-corrected chi connectivity index (χ0v) is 4.09. The molecule has 0 saturated carbocycles. The summed E-state index contributed by atoms with van der Waals surface area (Å²) in [5.41, 5.74) is 0. The van der Waals surface area contributed by atoms with E-state index in [2.05, 4.69) is 11.2 Å². The summed E-state index contributed by atoms with van der Waals surface area (Å²) in [6.07, 6.45) is 0. The lowest BCUT2D eigenvalue weighted by molar-refractivity contribution is 0.239. The van der Waals surface area contributed by atoms with Crippen LogP contribution in [0.3, 0.4) is 0 Å². The molecule has 0 aromatic rings. The van der Waals surface area contributed by atoms with Crippen LogP contribution in [0, 0.1) is 0 Å². The van der Waals surface area contributed by atoms with E-state index in [1.807, 2.05) is 0 Å². The predicted molar refractivity (Wildman–Crippen MR) is 26.1 cm³/mol. The summed E-state index contributed by atoms with van der Waals surface area (Å²) >= 11 is 0. The van der Waals surface area contributed by atoms with E-state index in [0.717, 1.165) is 0 Å². The van der Waals surface area contributed by atoms with Crippen LogP contribution < -0.4 is 0 Å². The Morgan fingerprint density at radius 2 is 2.14 bits per heavy atom. The molecule has 0 saturated heterocycles. The SMILES string of the molecule is C=C(C)OB(O)O. The Hall–Kier alpha value is -0.475. The van der Waals surface area contributed by atoms with Crippen molar-refractivity contribution in [3.05, 3.63) is 12.3 Å². The summed E-state index contributed by atoms with van der Waals surface area (Å²) in [5.74, 6) is 0.287. The van der Waals surface area contributed by atoms with E-state index in [4.69, 9.17) is 10.0 Å². The second-order valence-corrected chi connectivity index (χ2v) is 1.15. The molecule has 0 spiro atoms. The van der Waals surface area contributed by atoms with Crippen LogP contribution in [0.15, 0.2) is 12.3 Å². The molecule has 0 amide bonds. The molecule has 3 nitrogen and oxygen atoms in total. The van der Waals surface area contributed by atoms with Gasteiger partial charge in [0.2, 0.25) is 0 Å². The maximum Gasteiger partial charge on any atom is 0.707 e. The smallest absolute Gasteiger partial charge is 0.516 e. The lowest BCUT2D eigenvalue weighted by Crippen LogP contribution is -2.14. The molecule has 0 aromatic carbocycles. The lowest BCUT2D eigenvalue weighted by atomic mass is 10.2. The molecule has 0 unspecified atom stereocenters. The van der Waals surface area contributed by atoms with Crippen molar-refractivity contribution in [3.8, 4) is 0 Å². The van der Waals surface area contributed by atoms with Gasteiger partial charge in [0.05, 0.1) is 5.76 Å². The molecule has 7 heavy (non-hydrogen) atoms. The standard InChI is InChI=1S/C3H7BO3/c1-3(2)7-4(5)6/h5-6H,1H2,2H3. The average Bonchev–Trinajstić information content (AvgIpc) is 1.27. The zero-order chi connectivity index (χ0) is 5.86. The fourth-order valence-corrected chi connectivity index (χ4v) is 0.180. The molecule has 0 aliphatic carbocycles. The van der Waals surface area contributed by atoms with Crippen molar-refractivity contribution < 1.29 is 14.7 Å². The number of rotatable bonds is 2. The summed E-state index contributed by atoms with van der Waals surface area (Å²) < 4.78 is 4.17. The van der Waals surface area contributed by atoms with Gasteiger partial charge in [0.1, 0.15) is 0 Å². The molecule has 0 bridgehead atoms. The summed E-state index contributed by atoms with van der Waals surface area (Å²) in [6.45, 7) is 4.78. The van der Waals surface area contributed by atoms with Gasteiger partial charge in [-0.25, -0.2) is 0 Å². The Labute approximate surface area is 42.4 Å². The van der Waals surface area contributed by atoms with Gasteiger partial charge in [-0.3, -0.25) is 0 Å². The minimum atomic E-state index is -1.72. The van der Waals surface area contributed by atoms with E-state index in [9.17, 15) is 0 Å². The van der Waals surface area contributed by atoms with Gasteiger partial charge in [0.15, 0.2) is 0 Å². The number of hydrogen-bond acceptors (Lipinski definition) is 3. The third-order valence-corrected chi connectivity index (χ3v) is 0.307. The van der Waals surface area contributed by atoms with E-state index in [1.54, 1.807) is 0 Å². The van der Waals surface area contributed by atoms with Gasteiger partial charge in [-0.15, -0.1) is 0 Å². The minimum Gasteiger partial charge on any atom is -0.516 e. The molecule has 0 aliphatic rings. The summed E-state index contributed by atoms with van der Waals surface area (Å²) in [7, 11) is -1.72. The van der Waals surface area contributed by atoms with Crippen LogP contribution in [0.2, 0.25) is 0 Å². The van der Waals surface area contributed by atoms with Crippen LogP contribution in [0.1, 0.15) is 6.92 Å². The van der Waals surface area contributed by atoms with Gasteiger partial charge < -0.3 is 14.7 Å². The molecular weight excluding hydrogens is 94.8 g/mol. The maximum atomic E-state index is 8.00. The van der Waals surface area contributed by atoms with Gasteiger partial charge in [-0.1, -0.05) is 6.58 Å². The molecule has 0 atom stereocenters.